The number of amides is 1. The van der Waals surface area contributed by atoms with Crippen LogP contribution in [0.5, 0.6) is 0 Å². The molecule has 0 spiro atoms. The highest BCUT2D eigenvalue weighted by Crippen LogP contribution is 2.27. The molecule has 0 aliphatic carbocycles. The predicted molar refractivity (Wildman–Crippen MR) is 107 cm³/mol. The van der Waals surface area contributed by atoms with Gasteiger partial charge in [-0.25, -0.2) is 8.42 Å². The summed E-state index contributed by atoms with van der Waals surface area (Å²) in [4.78, 5) is 12.8. The molecular weight excluding hydrogens is 372 g/mol. The topological polar surface area (TPSA) is 66.5 Å². The zero-order chi connectivity index (χ0) is 19.5. The van der Waals surface area contributed by atoms with E-state index in [4.69, 9.17) is 11.6 Å². The number of halogens is 1. The second kappa shape index (κ2) is 8.10. The first kappa shape index (κ1) is 20.3. The van der Waals surface area contributed by atoms with Crippen LogP contribution in [0.15, 0.2) is 48.5 Å². The number of hydrogen-bond donors (Lipinski definition) is 1. The summed E-state index contributed by atoms with van der Waals surface area (Å²) < 4.78 is 25.7. The monoisotopic (exact) mass is 394 g/mol. The number of rotatable bonds is 6. The molecule has 0 bridgehead atoms. The molecule has 0 saturated heterocycles. The molecule has 0 saturated carbocycles. The van der Waals surface area contributed by atoms with Gasteiger partial charge in [0.25, 0.3) is 0 Å². The second-order valence-electron chi connectivity index (χ2n) is 6.45. The molecule has 0 fully saturated rings. The Morgan fingerprint density at radius 3 is 2.31 bits per heavy atom. The first-order chi connectivity index (χ1) is 12.1. The van der Waals surface area contributed by atoms with Crippen LogP contribution >= 0.6 is 11.6 Å². The predicted octanol–water partition coefficient (Wildman–Crippen LogP) is 4.26. The molecular formula is C19H23ClN2O3S. The standard InChI is InChI=1S/C19H23ClN2O3S/c1-13(2)17-10-5-6-11-18(17)21-19(23)14(3)22(26(4,24)25)16-9-7-8-15(20)12-16/h5-14H,1-4H3,(H,21,23)/t14-/m1/s1. The number of hydrogen-bond acceptors (Lipinski definition) is 3. The van der Waals surface area contributed by atoms with Crippen molar-refractivity contribution in [2.45, 2.75) is 32.7 Å². The number of carbonyl (C=O) groups is 1. The molecule has 5 nitrogen and oxygen atoms in total. The first-order valence-corrected chi connectivity index (χ1v) is 10.5. The highest BCUT2D eigenvalue weighted by Gasteiger charge is 2.29. The third kappa shape index (κ3) is 4.77. The maximum Gasteiger partial charge on any atom is 0.248 e. The number of carbonyl (C=O) groups excluding carboxylic acids is 1. The Morgan fingerprint density at radius 2 is 1.73 bits per heavy atom. The van der Waals surface area contributed by atoms with Crippen molar-refractivity contribution in [2.24, 2.45) is 0 Å². The third-order valence-corrected chi connectivity index (χ3v) is 5.47. The number of nitrogens with zero attached hydrogens (tertiary/aromatic N) is 1. The molecule has 0 unspecified atom stereocenters. The Labute approximate surface area is 160 Å². The van der Waals surface area contributed by atoms with Gasteiger partial charge in [0.1, 0.15) is 6.04 Å². The van der Waals surface area contributed by atoms with Crippen LogP contribution in [0.4, 0.5) is 11.4 Å². The summed E-state index contributed by atoms with van der Waals surface area (Å²) in [5.41, 5.74) is 2.01. The molecule has 2 aromatic carbocycles. The number of anilines is 2. The van der Waals surface area contributed by atoms with Gasteiger partial charge in [0.2, 0.25) is 15.9 Å². The van der Waals surface area contributed by atoms with E-state index in [0.717, 1.165) is 16.1 Å². The molecule has 1 atom stereocenters. The van der Waals surface area contributed by atoms with Gasteiger partial charge >= 0.3 is 0 Å². The Kier molecular flexibility index (Phi) is 6.31. The summed E-state index contributed by atoms with van der Waals surface area (Å²) in [6, 6.07) is 13.0. The SMILES string of the molecule is CC(C)c1ccccc1NC(=O)[C@@H](C)N(c1cccc(Cl)c1)S(C)(=O)=O. The zero-order valence-electron chi connectivity index (χ0n) is 15.2. The van der Waals surface area contributed by atoms with Gasteiger partial charge in [0.15, 0.2) is 0 Å². The molecule has 2 rings (SSSR count). The molecule has 0 aliphatic heterocycles. The fraction of sp³-hybridized carbons (Fsp3) is 0.316. The van der Waals surface area contributed by atoms with Crippen LogP contribution in [-0.4, -0.2) is 26.6 Å². The molecule has 26 heavy (non-hydrogen) atoms. The van der Waals surface area contributed by atoms with Gasteiger partial charge < -0.3 is 5.32 Å². The Bertz CT molecular complexity index is 897. The number of benzene rings is 2. The van der Waals surface area contributed by atoms with Gasteiger partial charge in [0.05, 0.1) is 11.9 Å². The Balaban J connectivity index is 2.35. The maximum absolute atomic E-state index is 12.8. The van der Waals surface area contributed by atoms with E-state index in [1.807, 2.05) is 38.1 Å². The lowest BCUT2D eigenvalue weighted by atomic mass is 10.0. The molecule has 1 N–H and O–H groups in total. The van der Waals surface area contributed by atoms with Crippen LogP contribution in [0, 0.1) is 0 Å². The van der Waals surface area contributed by atoms with E-state index < -0.39 is 22.0 Å². The highest BCUT2D eigenvalue weighted by atomic mass is 35.5. The fourth-order valence-corrected chi connectivity index (χ4v) is 4.12. The molecule has 0 aliphatic rings. The van der Waals surface area contributed by atoms with Gasteiger partial charge in [-0.3, -0.25) is 9.10 Å². The summed E-state index contributed by atoms with van der Waals surface area (Å²) in [5, 5.41) is 3.25. The lowest BCUT2D eigenvalue weighted by Gasteiger charge is -2.28. The van der Waals surface area contributed by atoms with E-state index in [1.165, 1.54) is 6.07 Å². The van der Waals surface area contributed by atoms with Gasteiger partial charge in [0, 0.05) is 10.7 Å². The molecule has 0 aromatic heterocycles. The normalized spacial score (nSPS) is 12.7. The van der Waals surface area contributed by atoms with Crippen molar-refractivity contribution in [2.75, 3.05) is 15.9 Å². The van der Waals surface area contributed by atoms with Crippen molar-refractivity contribution in [3.63, 3.8) is 0 Å². The van der Waals surface area contributed by atoms with Crippen molar-refractivity contribution in [3.8, 4) is 0 Å². The van der Waals surface area contributed by atoms with E-state index in [-0.39, 0.29) is 5.92 Å². The van der Waals surface area contributed by atoms with Crippen molar-refractivity contribution in [1.82, 2.24) is 0 Å². The fourth-order valence-electron chi connectivity index (χ4n) is 2.77. The summed E-state index contributed by atoms with van der Waals surface area (Å²) in [6.07, 6.45) is 1.07. The number of nitrogens with one attached hydrogen (secondary N) is 1. The van der Waals surface area contributed by atoms with Crippen LogP contribution in [0.3, 0.4) is 0 Å². The Hall–Kier alpha value is -2.05. The quantitative estimate of drug-likeness (QED) is 0.796. The molecule has 2 aromatic rings. The van der Waals surface area contributed by atoms with Gasteiger partial charge in [-0.15, -0.1) is 0 Å². The number of sulfonamides is 1. The Morgan fingerprint density at radius 1 is 1.08 bits per heavy atom. The minimum Gasteiger partial charge on any atom is -0.324 e. The van der Waals surface area contributed by atoms with Crippen molar-refractivity contribution < 1.29 is 13.2 Å². The molecule has 7 heteroatoms. The van der Waals surface area contributed by atoms with E-state index >= 15 is 0 Å². The van der Waals surface area contributed by atoms with Crippen LogP contribution in [0.2, 0.25) is 5.02 Å². The first-order valence-electron chi connectivity index (χ1n) is 8.26. The summed E-state index contributed by atoms with van der Waals surface area (Å²) in [7, 11) is -3.68. The van der Waals surface area contributed by atoms with Crippen molar-refractivity contribution in [1.29, 1.82) is 0 Å². The lowest BCUT2D eigenvalue weighted by Crippen LogP contribution is -2.45. The summed E-state index contributed by atoms with van der Waals surface area (Å²) in [6.45, 7) is 5.61. The zero-order valence-corrected chi connectivity index (χ0v) is 16.8. The lowest BCUT2D eigenvalue weighted by molar-refractivity contribution is -0.116. The van der Waals surface area contributed by atoms with Crippen LogP contribution in [-0.2, 0) is 14.8 Å². The average Bonchev–Trinajstić information content (AvgIpc) is 2.54. The highest BCUT2D eigenvalue weighted by molar-refractivity contribution is 7.92. The van der Waals surface area contributed by atoms with E-state index in [0.29, 0.717) is 16.4 Å². The van der Waals surface area contributed by atoms with Gasteiger partial charge in [-0.2, -0.15) is 0 Å². The molecule has 0 heterocycles. The van der Waals surface area contributed by atoms with Crippen molar-refractivity contribution in [3.05, 3.63) is 59.1 Å². The van der Waals surface area contributed by atoms with E-state index in [9.17, 15) is 13.2 Å². The van der Waals surface area contributed by atoms with Gasteiger partial charge in [-0.05, 0) is 42.7 Å². The number of para-hydroxylation sites is 1. The van der Waals surface area contributed by atoms with Crippen LogP contribution < -0.4 is 9.62 Å². The summed E-state index contributed by atoms with van der Waals surface area (Å²) in [5.74, 6) is -0.191. The van der Waals surface area contributed by atoms with Gasteiger partial charge in [-0.1, -0.05) is 49.7 Å². The smallest absolute Gasteiger partial charge is 0.248 e. The summed E-state index contributed by atoms with van der Waals surface area (Å²) >= 11 is 5.99. The van der Waals surface area contributed by atoms with E-state index in [2.05, 4.69) is 5.32 Å². The third-order valence-electron chi connectivity index (χ3n) is 3.99. The van der Waals surface area contributed by atoms with E-state index in [1.54, 1.807) is 25.1 Å². The second-order valence-corrected chi connectivity index (χ2v) is 8.74. The van der Waals surface area contributed by atoms with Crippen molar-refractivity contribution >= 4 is 38.9 Å². The average molecular weight is 395 g/mol. The minimum absolute atomic E-state index is 0.223. The minimum atomic E-state index is -3.68. The molecule has 140 valence electrons. The molecule has 1 amide bonds. The van der Waals surface area contributed by atoms with Crippen LogP contribution in [0.1, 0.15) is 32.3 Å². The maximum atomic E-state index is 12.8. The molecule has 0 radical (unpaired) electrons. The van der Waals surface area contributed by atoms with Crippen LogP contribution in [0.25, 0.3) is 0 Å². The largest absolute Gasteiger partial charge is 0.324 e.